The molecule has 0 spiro atoms. The molecule has 0 aliphatic rings. The molecule has 0 rings (SSSR count). The van der Waals surface area contributed by atoms with Gasteiger partial charge in [-0.15, -0.1) is 0 Å². The van der Waals surface area contributed by atoms with Crippen LogP contribution in [0.5, 0.6) is 0 Å². The molecule has 0 heterocycles. The van der Waals surface area contributed by atoms with E-state index in [4.69, 9.17) is 10.5 Å². The number of hydrogen-bond acceptors (Lipinski definition) is 5. The zero-order chi connectivity index (χ0) is 13.5. The van der Waals surface area contributed by atoms with Gasteiger partial charge < -0.3 is 20.5 Å². The van der Waals surface area contributed by atoms with E-state index in [0.717, 1.165) is 0 Å². The predicted octanol–water partition coefficient (Wildman–Crippen LogP) is 0.792. The second-order valence-electron chi connectivity index (χ2n) is 4.76. The molecule has 1 amide bonds. The van der Waals surface area contributed by atoms with Gasteiger partial charge in [0.15, 0.2) is 0 Å². The lowest BCUT2D eigenvalue weighted by Gasteiger charge is -2.20. The second-order valence-corrected chi connectivity index (χ2v) is 4.76. The molecule has 0 saturated heterocycles. The zero-order valence-electron chi connectivity index (χ0n) is 10.9. The van der Waals surface area contributed by atoms with Gasteiger partial charge in [0, 0.05) is 12.6 Å². The highest BCUT2D eigenvalue weighted by Gasteiger charge is 2.16. The minimum absolute atomic E-state index is 0.145. The van der Waals surface area contributed by atoms with E-state index in [1.165, 1.54) is 7.11 Å². The molecule has 0 fully saturated rings. The van der Waals surface area contributed by atoms with E-state index in [1.54, 1.807) is 20.8 Å². The number of nitrogens with one attached hydrogen (secondary N) is 1. The summed E-state index contributed by atoms with van der Waals surface area (Å²) in [5, 5.41) is 2.57. The van der Waals surface area contributed by atoms with Gasteiger partial charge in [0.05, 0.1) is 13.5 Å². The summed E-state index contributed by atoms with van der Waals surface area (Å²) in [6.07, 6.45) is 0.156. The second kappa shape index (κ2) is 7.11. The summed E-state index contributed by atoms with van der Waals surface area (Å²) >= 11 is 0. The maximum atomic E-state index is 11.3. The number of alkyl carbamates (subject to hydrolysis) is 1. The molecular weight excluding hydrogens is 224 g/mol. The van der Waals surface area contributed by atoms with Crippen molar-refractivity contribution < 1.29 is 19.1 Å². The first-order chi connectivity index (χ1) is 7.74. The third-order valence-electron chi connectivity index (χ3n) is 1.84. The van der Waals surface area contributed by atoms with Gasteiger partial charge in [0.25, 0.3) is 0 Å². The Balaban J connectivity index is 3.70. The van der Waals surface area contributed by atoms with E-state index in [1.807, 2.05) is 0 Å². The summed E-state index contributed by atoms with van der Waals surface area (Å²) < 4.78 is 9.52. The molecule has 6 heteroatoms. The Bertz CT molecular complexity index is 261. The Morgan fingerprint density at radius 2 is 1.94 bits per heavy atom. The largest absolute Gasteiger partial charge is 0.469 e. The normalized spacial score (nSPS) is 12.8. The molecule has 0 radical (unpaired) electrons. The lowest BCUT2D eigenvalue weighted by Crippen LogP contribution is -2.35. The van der Waals surface area contributed by atoms with E-state index >= 15 is 0 Å². The molecule has 6 nitrogen and oxygen atoms in total. The minimum atomic E-state index is -0.516. The van der Waals surface area contributed by atoms with Crippen LogP contribution in [-0.4, -0.2) is 37.4 Å². The van der Waals surface area contributed by atoms with Crippen molar-refractivity contribution in [2.24, 2.45) is 5.73 Å². The number of methoxy groups -OCH3 is 1. The molecule has 0 aromatic heterocycles. The number of ether oxygens (including phenoxy) is 2. The molecule has 1 unspecified atom stereocenters. The first kappa shape index (κ1) is 15.7. The average molecular weight is 246 g/mol. The molecule has 0 aromatic carbocycles. The number of esters is 1. The van der Waals surface area contributed by atoms with E-state index in [2.05, 4.69) is 10.1 Å². The summed E-state index contributed by atoms with van der Waals surface area (Å²) in [6.45, 7) is 5.73. The molecule has 100 valence electrons. The smallest absolute Gasteiger partial charge is 0.407 e. The van der Waals surface area contributed by atoms with E-state index in [-0.39, 0.29) is 18.4 Å². The number of carbonyl (C=O) groups excluding carboxylic acids is 2. The van der Waals surface area contributed by atoms with Crippen molar-refractivity contribution in [1.82, 2.24) is 5.32 Å². The molecule has 17 heavy (non-hydrogen) atoms. The molecule has 0 aromatic rings. The zero-order valence-corrected chi connectivity index (χ0v) is 10.9. The Morgan fingerprint density at radius 1 is 1.35 bits per heavy atom. The Morgan fingerprint density at radius 3 is 2.41 bits per heavy atom. The van der Waals surface area contributed by atoms with Crippen molar-refractivity contribution in [1.29, 1.82) is 0 Å². The van der Waals surface area contributed by atoms with Crippen molar-refractivity contribution >= 4 is 12.1 Å². The highest BCUT2D eigenvalue weighted by molar-refractivity contribution is 5.70. The topological polar surface area (TPSA) is 90.6 Å². The molecule has 0 aliphatic heterocycles. The van der Waals surface area contributed by atoms with Gasteiger partial charge in [-0.1, -0.05) is 0 Å². The first-order valence-corrected chi connectivity index (χ1v) is 5.54. The summed E-state index contributed by atoms with van der Waals surface area (Å²) in [5.41, 5.74) is 5.16. The molecule has 0 bridgehead atoms. The molecule has 1 atom stereocenters. The van der Waals surface area contributed by atoms with Gasteiger partial charge in [-0.05, 0) is 27.2 Å². The van der Waals surface area contributed by atoms with Crippen LogP contribution in [-0.2, 0) is 14.3 Å². The van der Waals surface area contributed by atoms with Gasteiger partial charge in [-0.25, -0.2) is 4.79 Å². The van der Waals surface area contributed by atoms with Gasteiger partial charge in [0.1, 0.15) is 5.60 Å². The van der Waals surface area contributed by atoms with Crippen LogP contribution in [0.3, 0.4) is 0 Å². The summed E-state index contributed by atoms with van der Waals surface area (Å²) in [5.74, 6) is -0.352. The number of rotatable bonds is 5. The molecule has 0 saturated carbocycles. The van der Waals surface area contributed by atoms with Crippen molar-refractivity contribution in [3.8, 4) is 0 Å². The number of nitrogens with two attached hydrogens (primary N) is 1. The number of carbonyl (C=O) groups is 2. The Kier molecular flexibility index (Phi) is 6.57. The van der Waals surface area contributed by atoms with Gasteiger partial charge >= 0.3 is 12.1 Å². The lowest BCUT2D eigenvalue weighted by atomic mass is 10.1. The third-order valence-corrected chi connectivity index (χ3v) is 1.84. The Labute approximate surface area is 102 Å². The summed E-state index contributed by atoms with van der Waals surface area (Å²) in [6, 6.07) is -0.322. The van der Waals surface area contributed by atoms with Crippen LogP contribution in [0, 0.1) is 0 Å². The number of amides is 1. The third kappa shape index (κ3) is 9.62. The monoisotopic (exact) mass is 246 g/mol. The molecular formula is C11H22N2O4. The predicted molar refractivity (Wildman–Crippen MR) is 63.5 cm³/mol. The SMILES string of the molecule is COC(=O)CC(N)CCNC(=O)OC(C)(C)C. The fourth-order valence-electron chi connectivity index (χ4n) is 1.07. The van der Waals surface area contributed by atoms with Crippen LogP contribution in [0.25, 0.3) is 0 Å². The summed E-state index contributed by atoms with van der Waals surface area (Å²) in [4.78, 5) is 22.1. The average Bonchev–Trinajstić information content (AvgIpc) is 2.14. The van der Waals surface area contributed by atoms with Gasteiger partial charge in [-0.3, -0.25) is 4.79 Å². The van der Waals surface area contributed by atoms with E-state index in [9.17, 15) is 9.59 Å². The van der Waals surface area contributed by atoms with Crippen molar-refractivity contribution in [2.75, 3.05) is 13.7 Å². The fraction of sp³-hybridized carbons (Fsp3) is 0.818. The maximum absolute atomic E-state index is 11.3. The number of hydrogen-bond donors (Lipinski definition) is 2. The van der Waals surface area contributed by atoms with Crippen molar-refractivity contribution in [3.05, 3.63) is 0 Å². The fourth-order valence-corrected chi connectivity index (χ4v) is 1.07. The van der Waals surface area contributed by atoms with Crippen LogP contribution in [0.1, 0.15) is 33.6 Å². The van der Waals surface area contributed by atoms with Gasteiger partial charge in [-0.2, -0.15) is 0 Å². The van der Waals surface area contributed by atoms with Crippen molar-refractivity contribution in [3.63, 3.8) is 0 Å². The van der Waals surface area contributed by atoms with Gasteiger partial charge in [0.2, 0.25) is 0 Å². The van der Waals surface area contributed by atoms with E-state index < -0.39 is 11.7 Å². The first-order valence-electron chi connectivity index (χ1n) is 5.54. The summed E-state index contributed by atoms with van der Waals surface area (Å²) in [7, 11) is 1.31. The van der Waals surface area contributed by atoms with Crippen LogP contribution in [0.4, 0.5) is 4.79 Å². The van der Waals surface area contributed by atoms with Crippen LogP contribution in [0.2, 0.25) is 0 Å². The minimum Gasteiger partial charge on any atom is -0.469 e. The maximum Gasteiger partial charge on any atom is 0.407 e. The Hall–Kier alpha value is -1.30. The quantitative estimate of drug-likeness (QED) is 0.700. The van der Waals surface area contributed by atoms with Crippen LogP contribution in [0.15, 0.2) is 0 Å². The lowest BCUT2D eigenvalue weighted by molar-refractivity contribution is -0.141. The molecule has 3 N–H and O–H groups in total. The van der Waals surface area contributed by atoms with Crippen molar-refractivity contribution in [2.45, 2.75) is 45.3 Å². The standard InChI is InChI=1S/C11H22N2O4/c1-11(2,3)17-10(15)13-6-5-8(12)7-9(14)16-4/h8H,5-7,12H2,1-4H3,(H,13,15). The van der Waals surface area contributed by atoms with Crippen LogP contribution >= 0.6 is 0 Å². The van der Waals surface area contributed by atoms with E-state index in [0.29, 0.717) is 13.0 Å². The molecule has 0 aliphatic carbocycles. The van der Waals surface area contributed by atoms with Crippen LogP contribution < -0.4 is 11.1 Å². The highest BCUT2D eigenvalue weighted by atomic mass is 16.6. The highest BCUT2D eigenvalue weighted by Crippen LogP contribution is 2.06.